The predicted molar refractivity (Wildman–Crippen MR) is 64.9 cm³/mol. The van der Waals surface area contributed by atoms with E-state index >= 15 is 0 Å². The Bertz CT molecular complexity index is 571. The summed E-state index contributed by atoms with van der Waals surface area (Å²) in [5.74, 6) is -1.76. The van der Waals surface area contributed by atoms with Crippen molar-refractivity contribution in [3.05, 3.63) is 27.4 Å². The van der Waals surface area contributed by atoms with Crippen LogP contribution in [0.4, 0.5) is 13.2 Å². The molecule has 2 aromatic heterocycles. The van der Waals surface area contributed by atoms with Gasteiger partial charge in [-0.05, 0) is 23.9 Å². The number of hydrogen-bond donors (Lipinski definition) is 0. The Morgan fingerprint density at radius 2 is 2.06 bits per heavy atom. The number of hydrogen-bond acceptors (Lipinski definition) is 4. The third kappa shape index (κ3) is 2.97. The van der Waals surface area contributed by atoms with Gasteiger partial charge in [-0.25, -0.2) is 4.98 Å². The lowest BCUT2D eigenvalue weighted by molar-refractivity contribution is -0.170. The lowest BCUT2D eigenvalue weighted by Gasteiger charge is -2.01. The minimum Gasteiger partial charge on any atom is -0.289 e. The minimum atomic E-state index is -4.79. The second-order valence-corrected chi connectivity index (χ2v) is 5.57. The summed E-state index contributed by atoms with van der Waals surface area (Å²) >= 11 is 2.55. The zero-order chi connectivity index (χ0) is 13.3. The average molecular weight is 291 g/mol. The van der Waals surface area contributed by atoms with Crippen LogP contribution in [0.15, 0.2) is 16.8 Å². The van der Waals surface area contributed by atoms with E-state index in [0.717, 1.165) is 21.8 Å². The van der Waals surface area contributed by atoms with Crippen LogP contribution >= 0.6 is 22.7 Å². The summed E-state index contributed by atoms with van der Waals surface area (Å²) in [6.07, 6.45) is -5.47. The van der Waals surface area contributed by atoms with E-state index in [1.165, 1.54) is 11.3 Å². The maximum absolute atomic E-state index is 12.1. The van der Waals surface area contributed by atoms with Gasteiger partial charge in [-0.15, -0.1) is 22.7 Å². The number of halogens is 3. The largest absolute Gasteiger partial charge is 0.450 e. The molecule has 0 fully saturated rings. The number of nitrogens with zero attached hydrogens (tertiary/aromatic N) is 1. The third-order valence-corrected chi connectivity index (χ3v) is 4.08. The second kappa shape index (κ2) is 4.81. The number of thiazole rings is 1. The number of carbonyl (C=O) groups excluding carboxylic acids is 1. The molecule has 0 aromatic carbocycles. The lowest BCUT2D eigenvalue weighted by atomic mass is 10.3. The molecule has 0 unspecified atom stereocenters. The SMILES string of the molecule is Cc1csc(-c2csc(CC(=O)C(F)(F)F)n2)c1. The maximum Gasteiger partial charge on any atom is 0.450 e. The van der Waals surface area contributed by atoms with Gasteiger partial charge in [0.2, 0.25) is 5.78 Å². The molecular formula is C11H8F3NOS2. The fraction of sp³-hybridized carbons (Fsp3) is 0.273. The van der Waals surface area contributed by atoms with Gasteiger partial charge in [0, 0.05) is 5.38 Å². The molecule has 2 rings (SSSR count). The highest BCUT2D eigenvalue weighted by atomic mass is 32.1. The lowest BCUT2D eigenvalue weighted by Crippen LogP contribution is -2.24. The maximum atomic E-state index is 12.1. The van der Waals surface area contributed by atoms with Gasteiger partial charge in [0.25, 0.3) is 0 Å². The summed E-state index contributed by atoms with van der Waals surface area (Å²) in [7, 11) is 0. The van der Waals surface area contributed by atoms with Crippen molar-refractivity contribution in [1.29, 1.82) is 0 Å². The fourth-order valence-corrected chi connectivity index (χ4v) is 3.04. The first-order valence-corrected chi connectivity index (χ1v) is 6.72. The molecule has 18 heavy (non-hydrogen) atoms. The topological polar surface area (TPSA) is 30.0 Å². The van der Waals surface area contributed by atoms with Gasteiger partial charge in [0.05, 0.1) is 17.0 Å². The Labute approximate surface area is 109 Å². The van der Waals surface area contributed by atoms with Crippen molar-refractivity contribution >= 4 is 28.5 Å². The van der Waals surface area contributed by atoms with Crippen LogP contribution in [-0.2, 0) is 11.2 Å². The molecule has 0 amide bonds. The number of thiophene rings is 1. The monoisotopic (exact) mass is 291 g/mol. The number of carbonyl (C=O) groups is 1. The van der Waals surface area contributed by atoms with Crippen LogP contribution < -0.4 is 0 Å². The molecule has 2 heterocycles. The van der Waals surface area contributed by atoms with E-state index in [2.05, 4.69) is 4.98 Å². The second-order valence-electron chi connectivity index (χ2n) is 3.71. The summed E-state index contributed by atoms with van der Waals surface area (Å²) in [4.78, 5) is 15.8. The fourth-order valence-electron chi connectivity index (χ4n) is 1.31. The quantitative estimate of drug-likeness (QED) is 0.859. The van der Waals surface area contributed by atoms with Crippen molar-refractivity contribution in [2.24, 2.45) is 0 Å². The summed E-state index contributed by atoms with van der Waals surface area (Å²) in [6, 6.07) is 1.91. The van der Waals surface area contributed by atoms with Gasteiger partial charge in [0.15, 0.2) is 0 Å². The molecule has 0 saturated heterocycles. The Morgan fingerprint density at radius 3 is 2.61 bits per heavy atom. The molecule has 0 aliphatic carbocycles. The highest BCUT2D eigenvalue weighted by molar-refractivity contribution is 7.14. The Morgan fingerprint density at radius 1 is 1.33 bits per heavy atom. The first-order chi connectivity index (χ1) is 8.36. The molecular weight excluding hydrogens is 283 g/mol. The van der Waals surface area contributed by atoms with Gasteiger partial charge in [-0.1, -0.05) is 0 Å². The van der Waals surface area contributed by atoms with Gasteiger partial charge in [-0.2, -0.15) is 13.2 Å². The van der Waals surface area contributed by atoms with Gasteiger partial charge >= 0.3 is 6.18 Å². The number of aryl methyl sites for hydroxylation is 1. The first-order valence-electron chi connectivity index (χ1n) is 4.96. The van der Waals surface area contributed by atoms with Crippen molar-refractivity contribution in [3.63, 3.8) is 0 Å². The highest BCUT2D eigenvalue weighted by Crippen LogP contribution is 2.29. The van der Waals surface area contributed by atoms with Crippen LogP contribution in [0.2, 0.25) is 0 Å². The first kappa shape index (κ1) is 13.2. The van der Waals surface area contributed by atoms with E-state index in [0.29, 0.717) is 5.69 Å². The van der Waals surface area contributed by atoms with Crippen molar-refractivity contribution < 1.29 is 18.0 Å². The number of Topliss-reactive ketones (excluding diaryl/α,β-unsaturated/α-hetero) is 1. The molecule has 0 saturated carbocycles. The zero-order valence-electron chi connectivity index (χ0n) is 9.25. The predicted octanol–water partition coefficient (Wildman–Crippen LogP) is 3.85. The van der Waals surface area contributed by atoms with Gasteiger partial charge < -0.3 is 0 Å². The van der Waals surface area contributed by atoms with Crippen LogP contribution in [0.5, 0.6) is 0 Å². The number of alkyl halides is 3. The molecule has 0 atom stereocenters. The Hall–Kier alpha value is -1.21. The molecule has 96 valence electrons. The van der Waals surface area contributed by atoms with E-state index < -0.39 is 18.4 Å². The number of aromatic nitrogens is 1. The zero-order valence-corrected chi connectivity index (χ0v) is 10.9. The summed E-state index contributed by atoms with van der Waals surface area (Å²) in [6.45, 7) is 1.93. The van der Waals surface area contributed by atoms with Crippen molar-refractivity contribution in [1.82, 2.24) is 4.98 Å². The molecule has 0 aliphatic heterocycles. The average Bonchev–Trinajstić information content (AvgIpc) is 2.85. The summed E-state index contributed by atoms with van der Waals surface area (Å²) < 4.78 is 36.3. The highest BCUT2D eigenvalue weighted by Gasteiger charge is 2.38. The van der Waals surface area contributed by atoms with E-state index in [-0.39, 0.29) is 5.01 Å². The van der Waals surface area contributed by atoms with Crippen LogP contribution in [-0.4, -0.2) is 16.9 Å². The molecule has 7 heteroatoms. The molecule has 0 bridgehead atoms. The number of ketones is 1. The van der Waals surface area contributed by atoms with E-state index in [9.17, 15) is 18.0 Å². The summed E-state index contributed by atoms with van der Waals surface area (Å²) in [5.41, 5.74) is 1.71. The van der Waals surface area contributed by atoms with E-state index in [1.807, 2.05) is 18.4 Å². The molecule has 0 N–H and O–H groups in total. The van der Waals surface area contributed by atoms with E-state index in [4.69, 9.17) is 0 Å². The molecule has 0 spiro atoms. The van der Waals surface area contributed by atoms with Crippen LogP contribution in [0.25, 0.3) is 10.6 Å². The van der Waals surface area contributed by atoms with Crippen molar-refractivity contribution in [2.45, 2.75) is 19.5 Å². The minimum absolute atomic E-state index is 0.193. The molecule has 2 aromatic rings. The molecule has 0 aliphatic rings. The van der Waals surface area contributed by atoms with Crippen LogP contribution in [0.3, 0.4) is 0 Å². The van der Waals surface area contributed by atoms with Crippen LogP contribution in [0.1, 0.15) is 10.6 Å². The Balaban J connectivity index is 2.14. The van der Waals surface area contributed by atoms with Gasteiger partial charge in [-0.3, -0.25) is 4.79 Å². The van der Waals surface area contributed by atoms with E-state index in [1.54, 1.807) is 5.38 Å². The summed E-state index contributed by atoms with van der Waals surface area (Å²) in [5, 5.41) is 3.80. The normalized spacial score (nSPS) is 11.8. The number of rotatable bonds is 3. The molecule has 0 radical (unpaired) electrons. The van der Waals surface area contributed by atoms with Crippen molar-refractivity contribution in [3.8, 4) is 10.6 Å². The third-order valence-electron chi connectivity index (χ3n) is 2.16. The molecule has 2 nitrogen and oxygen atoms in total. The smallest absolute Gasteiger partial charge is 0.289 e. The van der Waals surface area contributed by atoms with Crippen molar-refractivity contribution in [2.75, 3.05) is 0 Å². The van der Waals surface area contributed by atoms with Crippen LogP contribution in [0, 0.1) is 6.92 Å². The standard InChI is InChI=1S/C11H8F3NOS2/c1-6-2-8(17-4-6)7-5-18-10(15-7)3-9(16)11(12,13)14/h2,4-5H,3H2,1H3. The van der Waals surface area contributed by atoms with Gasteiger partial charge in [0.1, 0.15) is 5.01 Å². The Kier molecular flexibility index (Phi) is 3.54.